The molecule has 1 heterocycles. The number of thiazole rings is 1. The fraction of sp³-hybridized carbons (Fsp3) is 0.375. The molecule has 0 atom stereocenters. The van der Waals surface area contributed by atoms with Gasteiger partial charge in [0.25, 0.3) is 5.91 Å². The number of nitrogens with zero attached hydrogens (tertiary/aromatic N) is 1. The molecule has 2 rings (SSSR count). The average Bonchev–Trinajstić information content (AvgIpc) is 2.77. The van der Waals surface area contributed by atoms with Gasteiger partial charge in [0.05, 0.1) is 10.7 Å². The minimum absolute atomic E-state index is 0. The first-order valence-electron chi connectivity index (χ1n) is 6.92. The predicted molar refractivity (Wildman–Crippen MR) is 101 cm³/mol. The van der Waals surface area contributed by atoms with Crippen LogP contribution in [-0.4, -0.2) is 23.0 Å². The number of amides is 1. The number of carbonyl (C=O) groups excluding carboxylic acids is 1. The van der Waals surface area contributed by atoms with Crippen molar-refractivity contribution in [1.29, 1.82) is 0 Å². The number of rotatable bonds is 5. The van der Waals surface area contributed by atoms with E-state index in [1.54, 1.807) is 0 Å². The maximum Gasteiger partial charge on any atom is 0.263 e. The highest BCUT2D eigenvalue weighted by molar-refractivity contribution is 7.13. The molecule has 0 aliphatic heterocycles. The second-order valence-corrected chi connectivity index (χ2v) is 6.94. The summed E-state index contributed by atoms with van der Waals surface area (Å²) < 4.78 is 0. The molecule has 0 saturated heterocycles. The zero-order chi connectivity index (χ0) is 15.5. The van der Waals surface area contributed by atoms with Gasteiger partial charge in [-0.3, -0.25) is 4.79 Å². The Kier molecular flexibility index (Phi) is 8.77. The number of aryl methyl sites for hydroxylation is 1. The molecule has 1 aromatic heterocycles. The lowest BCUT2D eigenvalue weighted by atomic mass is 10.1. The third-order valence-corrected chi connectivity index (χ3v) is 4.11. The predicted octanol–water partition coefficient (Wildman–Crippen LogP) is 3.35. The molecule has 0 saturated carbocycles. The molecule has 128 valence electrons. The van der Waals surface area contributed by atoms with Crippen molar-refractivity contribution in [1.82, 2.24) is 10.3 Å². The number of halogens is 2. The number of hydrogen-bond donors (Lipinski definition) is 2. The Morgan fingerprint density at radius 2 is 1.87 bits per heavy atom. The van der Waals surface area contributed by atoms with Gasteiger partial charge in [0.2, 0.25) is 0 Å². The zero-order valence-electron chi connectivity index (χ0n) is 13.5. The normalized spacial score (nSPS) is 10.4. The van der Waals surface area contributed by atoms with Crippen molar-refractivity contribution in [3.8, 4) is 0 Å². The Balaban J connectivity index is 0.00000242. The van der Waals surface area contributed by atoms with E-state index < -0.39 is 5.54 Å². The molecule has 4 nitrogen and oxygen atoms in total. The highest BCUT2D eigenvalue weighted by atomic mass is 35.5. The third kappa shape index (κ3) is 6.87. The van der Waals surface area contributed by atoms with Crippen LogP contribution < -0.4 is 11.1 Å². The van der Waals surface area contributed by atoms with E-state index in [-0.39, 0.29) is 30.7 Å². The summed E-state index contributed by atoms with van der Waals surface area (Å²) in [6.45, 7) is 6.08. The lowest BCUT2D eigenvalue weighted by Crippen LogP contribution is -2.45. The summed E-state index contributed by atoms with van der Waals surface area (Å²) in [6.07, 6.45) is 0.752. The second kappa shape index (κ2) is 9.23. The van der Waals surface area contributed by atoms with Crippen LogP contribution in [0.25, 0.3) is 0 Å². The van der Waals surface area contributed by atoms with Crippen LogP contribution in [-0.2, 0) is 6.42 Å². The van der Waals surface area contributed by atoms with E-state index in [9.17, 15) is 4.79 Å². The molecule has 1 aromatic carbocycles. The van der Waals surface area contributed by atoms with Gasteiger partial charge >= 0.3 is 0 Å². The van der Waals surface area contributed by atoms with Crippen LogP contribution in [0.3, 0.4) is 0 Å². The third-order valence-electron chi connectivity index (χ3n) is 2.95. The van der Waals surface area contributed by atoms with Crippen molar-refractivity contribution in [2.45, 2.75) is 32.7 Å². The lowest BCUT2D eigenvalue weighted by molar-refractivity contribution is 0.0949. The Bertz CT molecular complexity index is 624. The quantitative estimate of drug-likeness (QED) is 0.841. The molecule has 0 radical (unpaired) electrons. The van der Waals surface area contributed by atoms with E-state index in [1.165, 1.54) is 16.9 Å². The van der Waals surface area contributed by atoms with Crippen LogP contribution in [0.1, 0.15) is 39.8 Å². The topological polar surface area (TPSA) is 68.0 Å². The van der Waals surface area contributed by atoms with Crippen LogP contribution in [0.15, 0.2) is 30.3 Å². The van der Waals surface area contributed by atoms with Gasteiger partial charge in [0, 0.05) is 18.5 Å². The summed E-state index contributed by atoms with van der Waals surface area (Å²) in [6, 6.07) is 10.1. The molecule has 23 heavy (non-hydrogen) atoms. The first-order chi connectivity index (χ1) is 9.85. The van der Waals surface area contributed by atoms with Crippen LogP contribution >= 0.6 is 36.2 Å². The van der Waals surface area contributed by atoms with E-state index in [2.05, 4.69) is 22.4 Å². The minimum atomic E-state index is -0.416. The van der Waals surface area contributed by atoms with Crippen molar-refractivity contribution in [3.05, 3.63) is 51.5 Å². The van der Waals surface area contributed by atoms with Gasteiger partial charge in [0.1, 0.15) is 4.88 Å². The van der Waals surface area contributed by atoms with Crippen LogP contribution in [0.5, 0.6) is 0 Å². The van der Waals surface area contributed by atoms with Crippen LogP contribution in [0.4, 0.5) is 0 Å². The van der Waals surface area contributed by atoms with Crippen molar-refractivity contribution in [3.63, 3.8) is 0 Å². The van der Waals surface area contributed by atoms with E-state index >= 15 is 0 Å². The summed E-state index contributed by atoms with van der Waals surface area (Å²) in [7, 11) is 0. The standard InChI is InChI=1S/C16H21N3OS.2ClH/c1-11-14(15(20)18-10-16(2,3)17)21-13(19-11)9-12-7-5-4-6-8-12;;/h4-8H,9-10,17H2,1-3H3,(H,18,20);2*1H. The molecule has 2 aromatic rings. The van der Waals surface area contributed by atoms with Gasteiger partial charge in [-0.2, -0.15) is 0 Å². The summed E-state index contributed by atoms with van der Waals surface area (Å²) in [5, 5.41) is 3.82. The maximum absolute atomic E-state index is 12.2. The first-order valence-corrected chi connectivity index (χ1v) is 7.74. The van der Waals surface area contributed by atoms with Gasteiger partial charge < -0.3 is 11.1 Å². The number of nitrogens with one attached hydrogen (secondary N) is 1. The monoisotopic (exact) mass is 375 g/mol. The maximum atomic E-state index is 12.2. The molecule has 3 N–H and O–H groups in total. The van der Waals surface area contributed by atoms with E-state index in [0.29, 0.717) is 11.4 Å². The van der Waals surface area contributed by atoms with Crippen molar-refractivity contribution in [2.24, 2.45) is 5.73 Å². The Morgan fingerprint density at radius 1 is 1.26 bits per heavy atom. The number of hydrogen-bond acceptors (Lipinski definition) is 4. The van der Waals surface area contributed by atoms with Crippen molar-refractivity contribution in [2.75, 3.05) is 6.54 Å². The zero-order valence-corrected chi connectivity index (χ0v) is 15.9. The first kappa shape index (κ1) is 21.9. The summed E-state index contributed by atoms with van der Waals surface area (Å²) in [5.41, 5.74) is 7.44. The number of nitrogens with two attached hydrogens (primary N) is 1. The minimum Gasteiger partial charge on any atom is -0.349 e. The van der Waals surface area contributed by atoms with E-state index in [1.807, 2.05) is 39.0 Å². The molecule has 0 bridgehead atoms. The van der Waals surface area contributed by atoms with Gasteiger partial charge in [-0.05, 0) is 26.3 Å². The van der Waals surface area contributed by atoms with E-state index in [4.69, 9.17) is 5.73 Å². The number of carbonyl (C=O) groups is 1. The largest absolute Gasteiger partial charge is 0.349 e. The fourth-order valence-electron chi connectivity index (χ4n) is 1.90. The smallest absolute Gasteiger partial charge is 0.263 e. The number of benzene rings is 1. The number of aromatic nitrogens is 1. The molecule has 0 fully saturated rings. The highest BCUT2D eigenvalue weighted by Gasteiger charge is 2.18. The van der Waals surface area contributed by atoms with Gasteiger partial charge in [-0.15, -0.1) is 36.2 Å². The lowest BCUT2D eigenvalue weighted by Gasteiger charge is -2.18. The molecular formula is C16H23Cl2N3OS. The average molecular weight is 376 g/mol. The van der Waals surface area contributed by atoms with E-state index in [0.717, 1.165) is 17.1 Å². The van der Waals surface area contributed by atoms with Crippen molar-refractivity contribution >= 4 is 42.1 Å². The van der Waals surface area contributed by atoms with Gasteiger partial charge in [-0.1, -0.05) is 30.3 Å². The van der Waals surface area contributed by atoms with Gasteiger partial charge in [0.15, 0.2) is 0 Å². The summed E-state index contributed by atoms with van der Waals surface area (Å²) in [5.74, 6) is -0.0946. The Labute approximate surface area is 153 Å². The highest BCUT2D eigenvalue weighted by Crippen LogP contribution is 2.20. The molecule has 7 heteroatoms. The molecule has 0 aliphatic rings. The molecule has 0 aliphatic carbocycles. The molecular weight excluding hydrogens is 353 g/mol. The summed E-state index contributed by atoms with van der Waals surface area (Å²) >= 11 is 1.45. The van der Waals surface area contributed by atoms with Crippen molar-refractivity contribution < 1.29 is 4.79 Å². The fourth-order valence-corrected chi connectivity index (χ4v) is 2.91. The van der Waals surface area contributed by atoms with Crippen LogP contribution in [0, 0.1) is 6.92 Å². The molecule has 0 unspecified atom stereocenters. The SMILES string of the molecule is Cc1nc(Cc2ccccc2)sc1C(=O)NCC(C)(C)N.Cl.Cl. The Hall–Kier alpha value is -1.14. The molecule has 0 spiro atoms. The second-order valence-electron chi connectivity index (χ2n) is 5.86. The Morgan fingerprint density at radius 3 is 2.43 bits per heavy atom. The van der Waals surface area contributed by atoms with Crippen LogP contribution in [0.2, 0.25) is 0 Å². The molecule has 1 amide bonds. The van der Waals surface area contributed by atoms with Gasteiger partial charge in [-0.25, -0.2) is 4.98 Å². The summed E-state index contributed by atoms with van der Waals surface area (Å²) in [4.78, 5) is 17.4.